The summed E-state index contributed by atoms with van der Waals surface area (Å²) in [6.07, 6.45) is 4.36. The fourth-order valence-electron chi connectivity index (χ4n) is 3.63. The van der Waals surface area contributed by atoms with Crippen molar-refractivity contribution in [2.75, 3.05) is 20.2 Å². The third-order valence-corrected chi connectivity index (χ3v) is 5.10. The van der Waals surface area contributed by atoms with E-state index in [1.807, 2.05) is 47.3 Å². The van der Waals surface area contributed by atoms with Crippen LogP contribution in [-0.4, -0.2) is 40.1 Å². The molecule has 0 atom stereocenters. The van der Waals surface area contributed by atoms with E-state index in [-0.39, 0.29) is 0 Å². The van der Waals surface area contributed by atoms with E-state index >= 15 is 0 Å². The molecule has 5 nitrogen and oxygen atoms in total. The third kappa shape index (κ3) is 3.78. The van der Waals surface area contributed by atoms with Crippen molar-refractivity contribution in [3.8, 4) is 11.4 Å². The van der Waals surface area contributed by atoms with Crippen LogP contribution in [0.1, 0.15) is 30.0 Å². The van der Waals surface area contributed by atoms with Crippen LogP contribution in [0.5, 0.6) is 5.75 Å². The summed E-state index contributed by atoms with van der Waals surface area (Å²) in [6, 6.07) is 18.6. The van der Waals surface area contributed by atoms with Gasteiger partial charge in [0.1, 0.15) is 5.75 Å². The number of rotatable bonds is 5. The number of ether oxygens (including phenoxy) is 1. The van der Waals surface area contributed by atoms with Crippen LogP contribution in [0.3, 0.4) is 0 Å². The number of hydrogen-bond acceptors (Lipinski definition) is 4. The molecule has 134 valence electrons. The van der Waals surface area contributed by atoms with Gasteiger partial charge in [0.2, 0.25) is 0 Å². The predicted molar refractivity (Wildman–Crippen MR) is 102 cm³/mol. The molecule has 0 unspecified atom stereocenters. The van der Waals surface area contributed by atoms with E-state index < -0.39 is 0 Å². The molecule has 0 bridgehead atoms. The van der Waals surface area contributed by atoms with E-state index in [1.54, 1.807) is 7.11 Å². The average molecular weight is 348 g/mol. The van der Waals surface area contributed by atoms with E-state index in [1.165, 1.54) is 18.4 Å². The first-order valence-corrected chi connectivity index (χ1v) is 9.15. The molecule has 0 saturated carbocycles. The Morgan fingerprint density at radius 2 is 1.85 bits per heavy atom. The third-order valence-electron chi connectivity index (χ3n) is 5.10. The molecular formula is C21H24N4O. The second kappa shape index (κ2) is 7.70. The molecule has 1 aromatic heterocycles. The molecule has 1 fully saturated rings. The maximum atomic E-state index is 5.36. The molecule has 0 spiro atoms. The second-order valence-corrected chi connectivity index (χ2v) is 6.82. The molecule has 5 heteroatoms. The van der Waals surface area contributed by atoms with Crippen molar-refractivity contribution in [2.24, 2.45) is 0 Å². The van der Waals surface area contributed by atoms with Crippen molar-refractivity contribution < 1.29 is 4.74 Å². The molecule has 0 radical (unpaired) electrons. The molecule has 1 aliphatic heterocycles. The summed E-state index contributed by atoms with van der Waals surface area (Å²) in [5.74, 6) is 1.56. The molecule has 3 aromatic rings. The van der Waals surface area contributed by atoms with Crippen molar-refractivity contribution in [3.63, 3.8) is 0 Å². The number of para-hydroxylation sites is 1. The Bertz CT molecular complexity index is 838. The molecule has 1 saturated heterocycles. The van der Waals surface area contributed by atoms with Gasteiger partial charge >= 0.3 is 0 Å². The SMILES string of the molecule is COc1cccc(C2CCN(Cc3cn(-c4ccccc4)nn3)CC2)c1. The number of nitrogens with zero attached hydrogens (tertiary/aromatic N) is 4. The number of hydrogen-bond donors (Lipinski definition) is 0. The minimum atomic E-state index is 0.612. The van der Waals surface area contributed by atoms with Crippen LogP contribution in [0.4, 0.5) is 0 Å². The van der Waals surface area contributed by atoms with Crippen molar-refractivity contribution in [3.05, 3.63) is 72.1 Å². The molecule has 2 aromatic carbocycles. The van der Waals surface area contributed by atoms with E-state index in [2.05, 4.69) is 33.4 Å². The smallest absolute Gasteiger partial charge is 0.119 e. The van der Waals surface area contributed by atoms with Crippen molar-refractivity contribution >= 4 is 0 Å². The van der Waals surface area contributed by atoms with Crippen LogP contribution in [0.2, 0.25) is 0 Å². The standard InChI is InChI=1S/C21H24N4O/c1-26-21-9-5-6-18(14-21)17-10-12-24(13-11-17)15-19-16-25(23-22-19)20-7-3-2-4-8-20/h2-9,14,16-17H,10-13,15H2,1H3. The predicted octanol–water partition coefficient (Wildman–Crippen LogP) is 3.66. The Morgan fingerprint density at radius 3 is 2.62 bits per heavy atom. The Kier molecular flexibility index (Phi) is 4.97. The first kappa shape index (κ1) is 16.8. The highest BCUT2D eigenvalue weighted by Gasteiger charge is 2.21. The van der Waals surface area contributed by atoms with Gasteiger partial charge in [0.15, 0.2) is 0 Å². The van der Waals surface area contributed by atoms with Crippen LogP contribution in [0.15, 0.2) is 60.8 Å². The molecule has 2 heterocycles. The number of aromatic nitrogens is 3. The van der Waals surface area contributed by atoms with Gasteiger partial charge in [-0.25, -0.2) is 4.68 Å². The highest BCUT2D eigenvalue weighted by atomic mass is 16.5. The molecule has 26 heavy (non-hydrogen) atoms. The maximum Gasteiger partial charge on any atom is 0.119 e. The lowest BCUT2D eigenvalue weighted by Crippen LogP contribution is -2.32. The zero-order valence-corrected chi connectivity index (χ0v) is 15.1. The first-order chi connectivity index (χ1) is 12.8. The Labute approximate surface area is 154 Å². The fraction of sp³-hybridized carbons (Fsp3) is 0.333. The van der Waals surface area contributed by atoms with Crippen LogP contribution >= 0.6 is 0 Å². The van der Waals surface area contributed by atoms with Gasteiger partial charge in [0.05, 0.1) is 24.7 Å². The monoisotopic (exact) mass is 348 g/mol. The highest BCUT2D eigenvalue weighted by Crippen LogP contribution is 2.30. The summed E-state index contributed by atoms with van der Waals surface area (Å²) in [5.41, 5.74) is 3.45. The lowest BCUT2D eigenvalue weighted by atomic mass is 9.89. The van der Waals surface area contributed by atoms with Crippen LogP contribution < -0.4 is 4.74 Å². The normalized spacial score (nSPS) is 15.9. The van der Waals surface area contributed by atoms with Gasteiger partial charge in [-0.05, 0) is 61.7 Å². The van der Waals surface area contributed by atoms with Gasteiger partial charge in [-0.1, -0.05) is 35.5 Å². The average Bonchev–Trinajstić information content (AvgIpc) is 3.18. The Morgan fingerprint density at radius 1 is 1.04 bits per heavy atom. The van der Waals surface area contributed by atoms with E-state index in [4.69, 9.17) is 4.74 Å². The number of piperidine rings is 1. The highest BCUT2D eigenvalue weighted by molar-refractivity contribution is 5.31. The summed E-state index contributed by atoms with van der Waals surface area (Å²) in [5, 5.41) is 8.60. The minimum absolute atomic E-state index is 0.612. The summed E-state index contributed by atoms with van der Waals surface area (Å²) in [6.45, 7) is 3.03. The fourth-order valence-corrected chi connectivity index (χ4v) is 3.63. The number of benzene rings is 2. The minimum Gasteiger partial charge on any atom is -0.497 e. The van der Waals surface area contributed by atoms with E-state index in [0.29, 0.717) is 5.92 Å². The van der Waals surface area contributed by atoms with E-state index in [9.17, 15) is 0 Å². The van der Waals surface area contributed by atoms with Crippen molar-refractivity contribution in [1.82, 2.24) is 19.9 Å². The number of likely N-dealkylation sites (tertiary alicyclic amines) is 1. The molecule has 0 amide bonds. The van der Waals surface area contributed by atoms with Crippen LogP contribution in [-0.2, 0) is 6.54 Å². The first-order valence-electron chi connectivity index (χ1n) is 9.15. The van der Waals surface area contributed by atoms with Crippen LogP contribution in [0.25, 0.3) is 5.69 Å². The topological polar surface area (TPSA) is 43.2 Å². The molecule has 0 aliphatic carbocycles. The van der Waals surface area contributed by atoms with E-state index in [0.717, 1.165) is 36.8 Å². The zero-order valence-electron chi connectivity index (χ0n) is 15.1. The summed E-state index contributed by atoms with van der Waals surface area (Å²) >= 11 is 0. The Balaban J connectivity index is 1.35. The van der Waals surface area contributed by atoms with Gasteiger partial charge in [-0.15, -0.1) is 5.10 Å². The van der Waals surface area contributed by atoms with Gasteiger partial charge < -0.3 is 4.74 Å². The number of methoxy groups -OCH3 is 1. The summed E-state index contributed by atoms with van der Waals surface area (Å²) < 4.78 is 7.20. The van der Waals surface area contributed by atoms with Crippen LogP contribution in [0, 0.1) is 0 Å². The lowest BCUT2D eigenvalue weighted by molar-refractivity contribution is 0.202. The quantitative estimate of drug-likeness (QED) is 0.706. The molecular weight excluding hydrogens is 324 g/mol. The molecule has 4 rings (SSSR count). The van der Waals surface area contributed by atoms with Gasteiger partial charge in [-0.3, -0.25) is 4.90 Å². The Hall–Kier alpha value is -2.66. The zero-order chi connectivity index (χ0) is 17.8. The molecule has 0 N–H and O–H groups in total. The summed E-state index contributed by atoms with van der Waals surface area (Å²) in [4.78, 5) is 2.47. The second-order valence-electron chi connectivity index (χ2n) is 6.82. The van der Waals surface area contributed by atoms with Gasteiger partial charge in [-0.2, -0.15) is 0 Å². The van der Waals surface area contributed by atoms with Crippen molar-refractivity contribution in [1.29, 1.82) is 0 Å². The largest absolute Gasteiger partial charge is 0.497 e. The molecule has 1 aliphatic rings. The summed E-state index contributed by atoms with van der Waals surface area (Å²) in [7, 11) is 1.73. The maximum absolute atomic E-state index is 5.36. The lowest BCUT2D eigenvalue weighted by Gasteiger charge is -2.31. The van der Waals surface area contributed by atoms with Gasteiger partial charge in [0.25, 0.3) is 0 Å². The van der Waals surface area contributed by atoms with Gasteiger partial charge in [0, 0.05) is 6.54 Å². The van der Waals surface area contributed by atoms with Crippen molar-refractivity contribution in [2.45, 2.75) is 25.3 Å².